The lowest BCUT2D eigenvalue weighted by Gasteiger charge is -2.37. The number of hydrogen-bond donors (Lipinski definition) is 2. The molecule has 2 N–H and O–H groups in total. The molecule has 2 heterocycles. The molecular formula is C11H18N2O4. The first-order valence-corrected chi connectivity index (χ1v) is 5.94. The summed E-state index contributed by atoms with van der Waals surface area (Å²) in [5.41, 5.74) is 0. The van der Waals surface area contributed by atoms with Gasteiger partial charge in [0, 0.05) is 19.5 Å². The molecule has 2 aliphatic rings. The predicted octanol–water partition coefficient (Wildman–Crippen LogP) is -1.13. The van der Waals surface area contributed by atoms with Gasteiger partial charge in [0.2, 0.25) is 11.8 Å². The van der Waals surface area contributed by atoms with Gasteiger partial charge < -0.3 is 20.1 Å². The standard InChI is InChI=1S/C11H18N2O4/c1-7-4-13(5-8(6-14)17-7)11(16)9-2-3-10(15)12-9/h7-9,14H,2-6H2,1H3,(H,12,15). The highest BCUT2D eigenvalue weighted by Gasteiger charge is 2.34. The van der Waals surface area contributed by atoms with Gasteiger partial charge in [-0.15, -0.1) is 0 Å². The van der Waals surface area contributed by atoms with Crippen LogP contribution in [0.15, 0.2) is 0 Å². The Labute approximate surface area is 99.9 Å². The van der Waals surface area contributed by atoms with Gasteiger partial charge in [0.25, 0.3) is 0 Å². The number of amides is 2. The first kappa shape index (κ1) is 12.3. The van der Waals surface area contributed by atoms with Crippen LogP contribution in [0.5, 0.6) is 0 Å². The number of nitrogens with zero attached hydrogens (tertiary/aromatic N) is 1. The monoisotopic (exact) mass is 242 g/mol. The molecule has 0 radical (unpaired) electrons. The van der Waals surface area contributed by atoms with Crippen molar-refractivity contribution in [1.82, 2.24) is 10.2 Å². The molecule has 0 aromatic heterocycles. The van der Waals surface area contributed by atoms with Crippen molar-refractivity contribution >= 4 is 11.8 Å². The Kier molecular flexibility index (Phi) is 3.63. The maximum atomic E-state index is 12.1. The molecule has 17 heavy (non-hydrogen) atoms. The van der Waals surface area contributed by atoms with Crippen LogP contribution in [0.4, 0.5) is 0 Å². The van der Waals surface area contributed by atoms with Gasteiger partial charge in [-0.3, -0.25) is 9.59 Å². The Balaban J connectivity index is 1.96. The molecular weight excluding hydrogens is 224 g/mol. The van der Waals surface area contributed by atoms with Crippen molar-refractivity contribution in [2.75, 3.05) is 19.7 Å². The van der Waals surface area contributed by atoms with E-state index >= 15 is 0 Å². The molecule has 0 saturated carbocycles. The molecule has 3 unspecified atom stereocenters. The zero-order chi connectivity index (χ0) is 12.4. The number of carbonyl (C=O) groups is 2. The van der Waals surface area contributed by atoms with Gasteiger partial charge in [-0.25, -0.2) is 0 Å². The predicted molar refractivity (Wildman–Crippen MR) is 59.2 cm³/mol. The summed E-state index contributed by atoms with van der Waals surface area (Å²) in [6.45, 7) is 2.69. The number of aliphatic hydroxyl groups excluding tert-OH is 1. The summed E-state index contributed by atoms with van der Waals surface area (Å²) in [5, 5.41) is 11.7. The molecule has 2 saturated heterocycles. The molecule has 0 aromatic rings. The van der Waals surface area contributed by atoms with E-state index in [1.807, 2.05) is 6.92 Å². The summed E-state index contributed by atoms with van der Waals surface area (Å²) in [7, 11) is 0. The second-order valence-corrected chi connectivity index (χ2v) is 4.65. The molecule has 0 spiro atoms. The van der Waals surface area contributed by atoms with Crippen LogP contribution in [-0.4, -0.2) is 59.8 Å². The third kappa shape index (κ3) is 2.76. The molecule has 2 amide bonds. The number of aliphatic hydroxyl groups is 1. The molecule has 0 aliphatic carbocycles. The summed E-state index contributed by atoms with van der Waals surface area (Å²) in [6, 6.07) is -0.396. The molecule has 2 fully saturated rings. The number of rotatable bonds is 2. The lowest BCUT2D eigenvalue weighted by molar-refractivity contribution is -0.149. The summed E-state index contributed by atoms with van der Waals surface area (Å²) in [4.78, 5) is 24.9. The number of carbonyl (C=O) groups excluding carboxylic acids is 2. The summed E-state index contributed by atoms with van der Waals surface area (Å²) in [5.74, 6) is -0.132. The van der Waals surface area contributed by atoms with Crippen molar-refractivity contribution in [3.8, 4) is 0 Å². The Hall–Kier alpha value is -1.14. The average Bonchev–Trinajstić information content (AvgIpc) is 2.74. The summed E-state index contributed by atoms with van der Waals surface area (Å²) >= 11 is 0. The van der Waals surface area contributed by atoms with E-state index in [1.165, 1.54) is 0 Å². The zero-order valence-electron chi connectivity index (χ0n) is 9.89. The van der Waals surface area contributed by atoms with Crippen LogP contribution < -0.4 is 5.32 Å². The van der Waals surface area contributed by atoms with E-state index in [1.54, 1.807) is 4.90 Å². The molecule has 0 bridgehead atoms. The maximum absolute atomic E-state index is 12.1. The number of ether oxygens (including phenoxy) is 1. The van der Waals surface area contributed by atoms with Gasteiger partial charge in [0.1, 0.15) is 6.04 Å². The summed E-state index contributed by atoms with van der Waals surface area (Å²) in [6.07, 6.45) is 0.578. The number of nitrogens with one attached hydrogen (secondary N) is 1. The largest absolute Gasteiger partial charge is 0.394 e. The Morgan fingerprint density at radius 2 is 2.35 bits per heavy atom. The first-order valence-electron chi connectivity index (χ1n) is 5.94. The van der Waals surface area contributed by atoms with Gasteiger partial charge in [0.15, 0.2) is 0 Å². The van der Waals surface area contributed by atoms with E-state index in [9.17, 15) is 9.59 Å². The lowest BCUT2D eigenvalue weighted by atomic mass is 10.1. The SMILES string of the molecule is CC1CN(C(=O)C2CCC(=O)N2)CC(CO)O1. The van der Waals surface area contributed by atoms with Crippen molar-refractivity contribution in [1.29, 1.82) is 0 Å². The van der Waals surface area contributed by atoms with Gasteiger partial charge in [-0.1, -0.05) is 0 Å². The van der Waals surface area contributed by atoms with Crippen LogP contribution >= 0.6 is 0 Å². The van der Waals surface area contributed by atoms with Crippen LogP contribution in [-0.2, 0) is 14.3 Å². The third-order valence-electron chi connectivity index (χ3n) is 3.13. The summed E-state index contributed by atoms with van der Waals surface area (Å²) < 4.78 is 5.47. The first-order chi connectivity index (χ1) is 8.10. The maximum Gasteiger partial charge on any atom is 0.245 e. The van der Waals surface area contributed by atoms with E-state index in [2.05, 4.69) is 5.32 Å². The van der Waals surface area contributed by atoms with Gasteiger partial charge in [-0.2, -0.15) is 0 Å². The molecule has 2 aliphatic heterocycles. The molecule has 6 nitrogen and oxygen atoms in total. The Bertz CT molecular complexity index is 321. The quantitative estimate of drug-likeness (QED) is 0.642. The van der Waals surface area contributed by atoms with E-state index < -0.39 is 6.04 Å². The van der Waals surface area contributed by atoms with Crippen LogP contribution in [0.25, 0.3) is 0 Å². The molecule has 3 atom stereocenters. The minimum atomic E-state index is -0.396. The Morgan fingerprint density at radius 1 is 1.59 bits per heavy atom. The van der Waals surface area contributed by atoms with Gasteiger partial charge in [-0.05, 0) is 13.3 Å². The highest BCUT2D eigenvalue weighted by atomic mass is 16.5. The Morgan fingerprint density at radius 3 is 2.94 bits per heavy atom. The van der Waals surface area contributed by atoms with Gasteiger partial charge in [0.05, 0.1) is 18.8 Å². The van der Waals surface area contributed by atoms with E-state index in [0.29, 0.717) is 25.9 Å². The average molecular weight is 242 g/mol. The lowest BCUT2D eigenvalue weighted by Crippen LogP contribution is -2.54. The van der Waals surface area contributed by atoms with Crippen molar-refractivity contribution in [3.05, 3.63) is 0 Å². The molecule has 0 aromatic carbocycles. The van der Waals surface area contributed by atoms with Crippen molar-refractivity contribution < 1.29 is 19.4 Å². The second-order valence-electron chi connectivity index (χ2n) is 4.65. The molecule has 2 rings (SSSR count). The van der Waals surface area contributed by atoms with Crippen LogP contribution in [0.1, 0.15) is 19.8 Å². The van der Waals surface area contributed by atoms with Crippen LogP contribution in [0.3, 0.4) is 0 Å². The zero-order valence-corrected chi connectivity index (χ0v) is 9.89. The third-order valence-corrected chi connectivity index (χ3v) is 3.13. The number of morpholine rings is 1. The highest BCUT2D eigenvalue weighted by Crippen LogP contribution is 2.15. The van der Waals surface area contributed by atoms with Crippen molar-refractivity contribution in [2.24, 2.45) is 0 Å². The minimum Gasteiger partial charge on any atom is -0.394 e. The minimum absolute atomic E-state index is 0.0653. The van der Waals surface area contributed by atoms with E-state index in [0.717, 1.165) is 0 Å². The van der Waals surface area contributed by atoms with E-state index in [-0.39, 0.29) is 30.6 Å². The topological polar surface area (TPSA) is 78.9 Å². The fourth-order valence-corrected chi connectivity index (χ4v) is 2.35. The van der Waals surface area contributed by atoms with Crippen molar-refractivity contribution in [2.45, 2.75) is 38.0 Å². The highest BCUT2D eigenvalue weighted by molar-refractivity contribution is 5.90. The normalized spacial score (nSPS) is 33.6. The van der Waals surface area contributed by atoms with E-state index in [4.69, 9.17) is 9.84 Å². The smallest absolute Gasteiger partial charge is 0.245 e. The number of hydrogen-bond acceptors (Lipinski definition) is 4. The van der Waals surface area contributed by atoms with Crippen LogP contribution in [0, 0.1) is 0 Å². The molecule has 96 valence electrons. The fourth-order valence-electron chi connectivity index (χ4n) is 2.35. The van der Waals surface area contributed by atoms with Crippen molar-refractivity contribution in [3.63, 3.8) is 0 Å². The molecule has 6 heteroatoms. The van der Waals surface area contributed by atoms with Gasteiger partial charge >= 0.3 is 0 Å². The second kappa shape index (κ2) is 5.01. The fraction of sp³-hybridized carbons (Fsp3) is 0.818. The van der Waals surface area contributed by atoms with Crippen LogP contribution in [0.2, 0.25) is 0 Å².